The highest BCUT2D eigenvalue weighted by molar-refractivity contribution is 6.35. The summed E-state index contributed by atoms with van der Waals surface area (Å²) < 4.78 is 5.45. The van der Waals surface area contributed by atoms with E-state index in [4.69, 9.17) is 16.3 Å². The van der Waals surface area contributed by atoms with E-state index < -0.39 is 0 Å². The number of morpholine rings is 1. The lowest BCUT2D eigenvalue weighted by molar-refractivity contribution is -0.123. The number of rotatable bonds is 2. The second-order valence-corrected chi connectivity index (χ2v) is 5.13. The standard InChI is InChI=1S/C13H15ClN4O2/c1-7-10(15-5-6-20-7)12(19)18-13-16-9-4-2-3-8(14)11(9)17-13/h2-4,7,10,15H,5-6H2,1H3,(H2,16,17,18,19)/t7-,10+/m1/s1. The fourth-order valence-corrected chi connectivity index (χ4v) is 2.49. The Kier molecular flexibility index (Phi) is 3.60. The number of para-hydroxylation sites is 1. The Morgan fingerprint density at radius 1 is 1.55 bits per heavy atom. The van der Waals surface area contributed by atoms with Gasteiger partial charge in [-0.05, 0) is 19.1 Å². The molecular weight excluding hydrogens is 280 g/mol. The lowest BCUT2D eigenvalue weighted by Crippen LogP contribution is -2.53. The van der Waals surface area contributed by atoms with Crippen LogP contribution < -0.4 is 10.6 Å². The summed E-state index contributed by atoms with van der Waals surface area (Å²) in [6.07, 6.45) is -0.170. The highest BCUT2D eigenvalue weighted by Crippen LogP contribution is 2.22. The molecule has 106 valence electrons. The number of hydrogen-bond acceptors (Lipinski definition) is 4. The predicted molar refractivity (Wildman–Crippen MR) is 76.9 cm³/mol. The number of hydrogen-bond donors (Lipinski definition) is 3. The summed E-state index contributed by atoms with van der Waals surface area (Å²) in [4.78, 5) is 19.5. The molecule has 1 amide bonds. The van der Waals surface area contributed by atoms with E-state index >= 15 is 0 Å². The molecule has 1 fully saturated rings. The van der Waals surface area contributed by atoms with Gasteiger partial charge in [0.15, 0.2) is 0 Å². The van der Waals surface area contributed by atoms with Gasteiger partial charge in [-0.15, -0.1) is 0 Å². The van der Waals surface area contributed by atoms with Crippen LogP contribution in [0.5, 0.6) is 0 Å². The first-order valence-corrected chi connectivity index (χ1v) is 6.83. The van der Waals surface area contributed by atoms with Crippen LogP contribution in [-0.2, 0) is 9.53 Å². The number of amides is 1. The third kappa shape index (κ3) is 2.49. The first-order chi connectivity index (χ1) is 9.65. The van der Waals surface area contributed by atoms with Crippen LogP contribution in [0.3, 0.4) is 0 Å². The first kappa shape index (κ1) is 13.4. The molecule has 1 aliphatic heterocycles. The molecule has 0 unspecified atom stereocenters. The van der Waals surface area contributed by atoms with Crippen molar-refractivity contribution in [3.8, 4) is 0 Å². The Labute approximate surface area is 120 Å². The summed E-state index contributed by atoms with van der Waals surface area (Å²) in [6.45, 7) is 3.14. The molecule has 2 atom stereocenters. The van der Waals surface area contributed by atoms with E-state index in [1.54, 1.807) is 6.07 Å². The Balaban J connectivity index is 1.78. The van der Waals surface area contributed by atoms with Crippen molar-refractivity contribution in [2.45, 2.75) is 19.1 Å². The van der Waals surface area contributed by atoms with Gasteiger partial charge in [-0.3, -0.25) is 10.1 Å². The van der Waals surface area contributed by atoms with Gasteiger partial charge in [0.2, 0.25) is 11.9 Å². The molecule has 20 heavy (non-hydrogen) atoms. The van der Waals surface area contributed by atoms with E-state index in [1.165, 1.54) is 0 Å². The molecule has 0 spiro atoms. The maximum atomic E-state index is 12.2. The SMILES string of the molecule is C[C@H]1OCCN[C@@H]1C(=O)Nc1nc2c(Cl)cccc2[nH]1. The molecule has 2 aromatic rings. The van der Waals surface area contributed by atoms with Gasteiger partial charge >= 0.3 is 0 Å². The van der Waals surface area contributed by atoms with Gasteiger partial charge in [-0.2, -0.15) is 0 Å². The summed E-state index contributed by atoms with van der Waals surface area (Å²) in [5, 5.41) is 6.43. The number of carbonyl (C=O) groups excluding carboxylic acids is 1. The molecule has 0 saturated carbocycles. The van der Waals surface area contributed by atoms with E-state index in [2.05, 4.69) is 20.6 Å². The Morgan fingerprint density at radius 3 is 3.15 bits per heavy atom. The van der Waals surface area contributed by atoms with E-state index in [9.17, 15) is 4.79 Å². The number of fused-ring (bicyclic) bond motifs is 1. The van der Waals surface area contributed by atoms with Crippen LogP contribution in [-0.4, -0.2) is 41.2 Å². The van der Waals surface area contributed by atoms with Crippen molar-refractivity contribution in [3.05, 3.63) is 23.2 Å². The van der Waals surface area contributed by atoms with Crippen LogP contribution in [0, 0.1) is 0 Å². The number of ether oxygens (including phenoxy) is 1. The van der Waals surface area contributed by atoms with Crippen molar-refractivity contribution in [1.82, 2.24) is 15.3 Å². The van der Waals surface area contributed by atoms with E-state index in [0.717, 1.165) is 5.52 Å². The van der Waals surface area contributed by atoms with Crippen molar-refractivity contribution >= 4 is 34.5 Å². The summed E-state index contributed by atoms with van der Waals surface area (Å²) >= 11 is 6.05. The largest absolute Gasteiger partial charge is 0.375 e. The summed E-state index contributed by atoms with van der Waals surface area (Å²) in [7, 11) is 0. The first-order valence-electron chi connectivity index (χ1n) is 6.45. The summed E-state index contributed by atoms with van der Waals surface area (Å²) in [6, 6.07) is 5.06. The summed E-state index contributed by atoms with van der Waals surface area (Å²) in [5.74, 6) is 0.213. The molecule has 7 heteroatoms. The number of nitrogens with zero attached hydrogens (tertiary/aromatic N) is 1. The van der Waals surface area contributed by atoms with Gasteiger partial charge in [-0.1, -0.05) is 17.7 Å². The zero-order valence-electron chi connectivity index (χ0n) is 10.9. The molecule has 1 aromatic carbocycles. The lowest BCUT2D eigenvalue weighted by Gasteiger charge is -2.28. The second-order valence-electron chi connectivity index (χ2n) is 4.72. The van der Waals surface area contributed by atoms with Gasteiger partial charge < -0.3 is 15.0 Å². The number of aromatic amines is 1. The monoisotopic (exact) mass is 294 g/mol. The average Bonchev–Trinajstić information content (AvgIpc) is 2.83. The zero-order chi connectivity index (χ0) is 14.1. The fraction of sp³-hybridized carbons (Fsp3) is 0.385. The minimum atomic E-state index is -0.382. The number of benzene rings is 1. The van der Waals surface area contributed by atoms with Crippen LogP contribution in [0.15, 0.2) is 18.2 Å². The second kappa shape index (κ2) is 5.40. The van der Waals surface area contributed by atoms with Crippen molar-refractivity contribution in [2.75, 3.05) is 18.5 Å². The number of halogens is 1. The smallest absolute Gasteiger partial charge is 0.246 e. The van der Waals surface area contributed by atoms with E-state index in [1.807, 2.05) is 19.1 Å². The molecule has 2 heterocycles. The van der Waals surface area contributed by atoms with Crippen molar-refractivity contribution < 1.29 is 9.53 Å². The molecule has 0 aliphatic carbocycles. The van der Waals surface area contributed by atoms with Gasteiger partial charge in [0.25, 0.3) is 0 Å². The molecular formula is C13H15ClN4O2. The minimum Gasteiger partial charge on any atom is -0.375 e. The van der Waals surface area contributed by atoms with Gasteiger partial charge in [0.05, 0.1) is 23.3 Å². The number of H-pyrrole nitrogens is 1. The molecule has 1 saturated heterocycles. The molecule has 1 aromatic heterocycles. The molecule has 0 radical (unpaired) electrons. The summed E-state index contributed by atoms with van der Waals surface area (Å²) in [5.41, 5.74) is 1.43. The van der Waals surface area contributed by atoms with Crippen LogP contribution in [0.2, 0.25) is 5.02 Å². The van der Waals surface area contributed by atoms with Gasteiger partial charge in [0.1, 0.15) is 11.6 Å². The number of anilines is 1. The predicted octanol–water partition coefficient (Wildman–Crippen LogP) is 1.53. The number of imidazole rings is 1. The molecule has 6 nitrogen and oxygen atoms in total. The van der Waals surface area contributed by atoms with Crippen LogP contribution in [0.4, 0.5) is 5.95 Å². The van der Waals surface area contributed by atoms with Crippen LogP contribution >= 0.6 is 11.6 Å². The number of aromatic nitrogens is 2. The maximum absolute atomic E-state index is 12.2. The number of nitrogens with one attached hydrogen (secondary N) is 3. The van der Waals surface area contributed by atoms with Gasteiger partial charge in [0, 0.05) is 6.54 Å². The zero-order valence-corrected chi connectivity index (χ0v) is 11.7. The van der Waals surface area contributed by atoms with E-state index in [-0.39, 0.29) is 18.1 Å². The van der Waals surface area contributed by atoms with Crippen molar-refractivity contribution in [3.63, 3.8) is 0 Å². The molecule has 3 rings (SSSR count). The Bertz CT molecular complexity index is 642. The lowest BCUT2D eigenvalue weighted by atomic mass is 10.1. The van der Waals surface area contributed by atoms with Crippen molar-refractivity contribution in [1.29, 1.82) is 0 Å². The highest BCUT2D eigenvalue weighted by Gasteiger charge is 2.28. The molecule has 1 aliphatic rings. The topological polar surface area (TPSA) is 79.0 Å². The minimum absolute atomic E-state index is 0.170. The van der Waals surface area contributed by atoms with Crippen LogP contribution in [0.1, 0.15) is 6.92 Å². The molecule has 3 N–H and O–H groups in total. The highest BCUT2D eigenvalue weighted by atomic mass is 35.5. The van der Waals surface area contributed by atoms with Gasteiger partial charge in [-0.25, -0.2) is 4.98 Å². The fourth-order valence-electron chi connectivity index (χ4n) is 2.28. The quantitative estimate of drug-likeness (QED) is 0.785. The van der Waals surface area contributed by atoms with Crippen molar-refractivity contribution in [2.24, 2.45) is 0 Å². The van der Waals surface area contributed by atoms with Crippen LogP contribution in [0.25, 0.3) is 11.0 Å². The average molecular weight is 295 g/mol. The molecule has 0 bridgehead atoms. The van der Waals surface area contributed by atoms with E-state index in [0.29, 0.717) is 29.6 Å². The Morgan fingerprint density at radius 2 is 2.40 bits per heavy atom. The normalized spacial score (nSPS) is 22.9. The Hall–Kier alpha value is -1.63. The number of carbonyl (C=O) groups is 1. The third-order valence-corrected chi connectivity index (χ3v) is 3.61. The maximum Gasteiger partial charge on any atom is 0.246 e. The third-order valence-electron chi connectivity index (χ3n) is 3.30.